The highest BCUT2D eigenvalue weighted by Crippen LogP contribution is 2.31. The van der Waals surface area contributed by atoms with Crippen molar-refractivity contribution in [1.82, 2.24) is 0 Å². The Bertz CT molecular complexity index is 780. The van der Waals surface area contributed by atoms with Crippen molar-refractivity contribution in [3.05, 3.63) is 71.2 Å². The number of anilines is 1. The Hall–Kier alpha value is -2.19. The molecule has 0 aromatic heterocycles. The molecule has 3 aromatic rings. The highest BCUT2D eigenvalue weighted by atomic mass is 35.5. The molecule has 0 aliphatic carbocycles. The number of benzene rings is 3. The SMILES string of the molecule is C[C@H](Nc1cccc2ccccc12)c1cc(Cl)ccc1O. The number of hydrogen-bond donors (Lipinski definition) is 2. The first kappa shape index (κ1) is 13.8. The lowest BCUT2D eigenvalue weighted by molar-refractivity contribution is 0.465. The molecule has 3 heteroatoms. The number of nitrogens with one attached hydrogen (secondary N) is 1. The summed E-state index contributed by atoms with van der Waals surface area (Å²) >= 11 is 6.02. The van der Waals surface area contributed by atoms with Crippen molar-refractivity contribution in [1.29, 1.82) is 0 Å². The molecule has 3 rings (SSSR count). The predicted octanol–water partition coefficient (Wildman–Crippen LogP) is 5.37. The molecule has 0 saturated carbocycles. The summed E-state index contributed by atoms with van der Waals surface area (Å²) in [5.74, 6) is 0.250. The van der Waals surface area contributed by atoms with E-state index in [1.54, 1.807) is 18.2 Å². The average Bonchev–Trinajstić information content (AvgIpc) is 2.50. The van der Waals surface area contributed by atoms with Crippen LogP contribution in [-0.4, -0.2) is 5.11 Å². The fraction of sp³-hybridized carbons (Fsp3) is 0.111. The summed E-state index contributed by atoms with van der Waals surface area (Å²) in [4.78, 5) is 0. The minimum absolute atomic E-state index is 0.0468. The number of phenolic OH excluding ortho intramolecular Hbond substituents is 1. The van der Waals surface area contributed by atoms with Crippen molar-refractivity contribution in [2.24, 2.45) is 0 Å². The van der Waals surface area contributed by atoms with Gasteiger partial charge in [0.1, 0.15) is 5.75 Å². The lowest BCUT2D eigenvalue weighted by Crippen LogP contribution is -2.07. The van der Waals surface area contributed by atoms with Gasteiger partial charge in [-0.1, -0.05) is 48.0 Å². The van der Waals surface area contributed by atoms with Gasteiger partial charge in [-0.3, -0.25) is 0 Å². The van der Waals surface area contributed by atoms with Gasteiger partial charge < -0.3 is 10.4 Å². The zero-order chi connectivity index (χ0) is 14.8. The third-order valence-electron chi connectivity index (χ3n) is 3.62. The second-order valence-electron chi connectivity index (χ2n) is 5.10. The Morgan fingerprint density at radius 1 is 1.00 bits per heavy atom. The molecule has 0 fully saturated rings. The Balaban J connectivity index is 1.96. The standard InChI is InChI=1S/C18H16ClNO/c1-12(16-11-14(19)9-10-18(16)21)20-17-8-4-6-13-5-2-3-7-15(13)17/h2-12,20-21H,1H3/t12-/m0/s1. The Labute approximate surface area is 129 Å². The molecular weight excluding hydrogens is 282 g/mol. The van der Waals surface area contributed by atoms with Crippen molar-refractivity contribution in [3.8, 4) is 5.75 Å². The van der Waals surface area contributed by atoms with Gasteiger partial charge in [-0.25, -0.2) is 0 Å². The first-order chi connectivity index (χ1) is 10.1. The van der Waals surface area contributed by atoms with Crippen LogP contribution in [0.2, 0.25) is 5.02 Å². The third kappa shape index (κ3) is 2.81. The van der Waals surface area contributed by atoms with Crippen molar-refractivity contribution in [2.45, 2.75) is 13.0 Å². The molecule has 2 nitrogen and oxygen atoms in total. The van der Waals surface area contributed by atoms with Crippen LogP contribution in [0.4, 0.5) is 5.69 Å². The highest BCUT2D eigenvalue weighted by Gasteiger charge is 2.12. The van der Waals surface area contributed by atoms with Gasteiger partial charge in [-0.2, -0.15) is 0 Å². The van der Waals surface area contributed by atoms with Crippen LogP contribution in [0.3, 0.4) is 0 Å². The summed E-state index contributed by atoms with van der Waals surface area (Å²) in [5, 5.41) is 16.4. The second-order valence-corrected chi connectivity index (χ2v) is 5.53. The van der Waals surface area contributed by atoms with E-state index in [9.17, 15) is 5.11 Å². The van der Waals surface area contributed by atoms with Gasteiger partial charge in [0, 0.05) is 21.7 Å². The largest absolute Gasteiger partial charge is 0.508 e. The van der Waals surface area contributed by atoms with E-state index in [2.05, 4.69) is 23.5 Å². The van der Waals surface area contributed by atoms with E-state index < -0.39 is 0 Å². The lowest BCUT2D eigenvalue weighted by atomic mass is 10.0. The summed E-state index contributed by atoms with van der Waals surface area (Å²) in [6.07, 6.45) is 0. The molecule has 0 unspecified atom stereocenters. The van der Waals surface area contributed by atoms with Crippen LogP contribution >= 0.6 is 11.6 Å². The summed E-state index contributed by atoms with van der Waals surface area (Å²) in [6, 6.07) is 19.4. The number of fused-ring (bicyclic) bond motifs is 1. The van der Waals surface area contributed by atoms with Crippen LogP contribution in [0.1, 0.15) is 18.5 Å². The molecule has 0 aliphatic rings. The summed E-state index contributed by atoms with van der Waals surface area (Å²) in [7, 11) is 0. The molecule has 0 saturated heterocycles. The number of aromatic hydroxyl groups is 1. The van der Waals surface area contributed by atoms with Crippen molar-refractivity contribution in [3.63, 3.8) is 0 Å². The van der Waals surface area contributed by atoms with Crippen LogP contribution in [0.25, 0.3) is 10.8 Å². The van der Waals surface area contributed by atoms with Crippen LogP contribution in [0, 0.1) is 0 Å². The fourth-order valence-corrected chi connectivity index (χ4v) is 2.72. The number of rotatable bonds is 3. The molecule has 2 N–H and O–H groups in total. The van der Waals surface area contributed by atoms with E-state index in [-0.39, 0.29) is 11.8 Å². The second kappa shape index (κ2) is 5.66. The molecule has 0 heterocycles. The lowest BCUT2D eigenvalue weighted by Gasteiger charge is -2.18. The number of phenols is 1. The minimum atomic E-state index is -0.0468. The van der Waals surface area contributed by atoms with Gasteiger partial charge in [0.15, 0.2) is 0 Å². The third-order valence-corrected chi connectivity index (χ3v) is 3.85. The monoisotopic (exact) mass is 297 g/mol. The van der Waals surface area contributed by atoms with Crippen molar-refractivity contribution >= 4 is 28.1 Å². The van der Waals surface area contributed by atoms with E-state index >= 15 is 0 Å². The average molecular weight is 298 g/mol. The first-order valence-electron chi connectivity index (χ1n) is 6.88. The smallest absolute Gasteiger partial charge is 0.120 e. The van der Waals surface area contributed by atoms with E-state index in [1.165, 1.54) is 5.39 Å². The summed E-state index contributed by atoms with van der Waals surface area (Å²) < 4.78 is 0. The van der Waals surface area contributed by atoms with E-state index in [0.717, 1.165) is 16.6 Å². The van der Waals surface area contributed by atoms with Crippen LogP contribution in [0.15, 0.2) is 60.7 Å². The maximum atomic E-state index is 10.00. The van der Waals surface area contributed by atoms with Gasteiger partial charge in [-0.15, -0.1) is 0 Å². The molecule has 0 spiro atoms. The minimum Gasteiger partial charge on any atom is -0.508 e. The van der Waals surface area contributed by atoms with Gasteiger partial charge in [0.05, 0.1) is 6.04 Å². The zero-order valence-corrected chi connectivity index (χ0v) is 12.4. The first-order valence-corrected chi connectivity index (χ1v) is 7.25. The maximum absolute atomic E-state index is 10.00. The van der Waals surface area contributed by atoms with Crippen LogP contribution < -0.4 is 5.32 Å². The maximum Gasteiger partial charge on any atom is 0.120 e. The highest BCUT2D eigenvalue weighted by molar-refractivity contribution is 6.30. The molecule has 3 aromatic carbocycles. The van der Waals surface area contributed by atoms with E-state index in [4.69, 9.17) is 11.6 Å². The molecule has 21 heavy (non-hydrogen) atoms. The predicted molar refractivity (Wildman–Crippen MR) is 89.1 cm³/mol. The van der Waals surface area contributed by atoms with Crippen LogP contribution in [0.5, 0.6) is 5.75 Å². The summed E-state index contributed by atoms with van der Waals surface area (Å²) in [6.45, 7) is 2.01. The molecule has 0 bridgehead atoms. The van der Waals surface area contributed by atoms with E-state index in [1.807, 2.05) is 31.2 Å². The van der Waals surface area contributed by atoms with Crippen LogP contribution in [-0.2, 0) is 0 Å². The quantitative estimate of drug-likeness (QED) is 0.681. The summed E-state index contributed by atoms with van der Waals surface area (Å²) in [5.41, 5.74) is 1.83. The van der Waals surface area contributed by atoms with Gasteiger partial charge >= 0.3 is 0 Å². The van der Waals surface area contributed by atoms with Gasteiger partial charge in [-0.05, 0) is 36.6 Å². The van der Waals surface area contributed by atoms with Gasteiger partial charge in [0.2, 0.25) is 0 Å². The molecule has 0 aliphatic heterocycles. The van der Waals surface area contributed by atoms with Crippen molar-refractivity contribution < 1.29 is 5.11 Å². The topological polar surface area (TPSA) is 32.3 Å². The number of halogens is 1. The Morgan fingerprint density at radius 3 is 2.62 bits per heavy atom. The fourth-order valence-electron chi connectivity index (χ4n) is 2.53. The number of hydrogen-bond acceptors (Lipinski definition) is 2. The molecular formula is C18H16ClNO. The molecule has 1 atom stereocenters. The van der Waals surface area contributed by atoms with Crippen molar-refractivity contribution in [2.75, 3.05) is 5.32 Å². The molecule has 0 amide bonds. The van der Waals surface area contributed by atoms with Gasteiger partial charge in [0.25, 0.3) is 0 Å². The Kier molecular flexibility index (Phi) is 3.72. The van der Waals surface area contributed by atoms with E-state index in [0.29, 0.717) is 5.02 Å². The zero-order valence-electron chi connectivity index (χ0n) is 11.7. The molecule has 106 valence electrons. The Morgan fingerprint density at radius 2 is 1.76 bits per heavy atom. The normalized spacial score (nSPS) is 12.3. The molecule has 0 radical (unpaired) electrons.